The molecule has 2 aromatic rings. The molecule has 2 rings (SSSR count). The molecule has 5 N–H and O–H groups in total. The molecule has 0 saturated carbocycles. The molecule has 0 heterocycles. The summed E-state index contributed by atoms with van der Waals surface area (Å²) in [5, 5.41) is 14.2. The summed E-state index contributed by atoms with van der Waals surface area (Å²) in [6, 6.07) is 15.5. The molecule has 0 saturated heterocycles. The first-order chi connectivity index (χ1) is 13.9. The van der Waals surface area contributed by atoms with Gasteiger partial charge in [-0.15, -0.1) is 0 Å². The smallest absolute Gasteiger partial charge is 0.327 e. The van der Waals surface area contributed by atoms with E-state index in [1.165, 1.54) is 0 Å². The van der Waals surface area contributed by atoms with Gasteiger partial charge in [0.05, 0.1) is 6.04 Å². The summed E-state index contributed by atoms with van der Waals surface area (Å²) in [4.78, 5) is 36.5. The standard InChI is InChI=1S/C21H25N3O4S/c22-16(11-14-7-3-1-4-8-14)19(25)23-17(12-15-9-5-2-6-10-15)20(26)24-18(13-29)21(27)28/h1-10,16-18,29H,11-13,22H2,(H,23,25)(H,24,26)(H,27,28). The van der Waals surface area contributed by atoms with Crippen molar-refractivity contribution in [1.29, 1.82) is 0 Å². The molecule has 0 aliphatic rings. The van der Waals surface area contributed by atoms with Gasteiger partial charge in [-0.05, 0) is 17.5 Å². The zero-order chi connectivity index (χ0) is 21.2. The highest BCUT2D eigenvalue weighted by molar-refractivity contribution is 7.80. The number of rotatable bonds is 10. The predicted octanol–water partition coefficient (Wildman–Crippen LogP) is 0.783. The lowest BCUT2D eigenvalue weighted by atomic mass is 10.0. The van der Waals surface area contributed by atoms with Crippen LogP contribution < -0.4 is 16.4 Å². The Hall–Kier alpha value is -2.84. The van der Waals surface area contributed by atoms with Crippen LogP contribution in [0.15, 0.2) is 60.7 Å². The van der Waals surface area contributed by atoms with E-state index in [9.17, 15) is 14.4 Å². The van der Waals surface area contributed by atoms with Crippen molar-refractivity contribution in [2.24, 2.45) is 5.73 Å². The second-order valence-corrected chi connectivity index (χ2v) is 6.99. The molecule has 154 valence electrons. The van der Waals surface area contributed by atoms with Crippen LogP contribution in [0.3, 0.4) is 0 Å². The van der Waals surface area contributed by atoms with Crippen LogP contribution >= 0.6 is 12.6 Å². The third-order valence-corrected chi connectivity index (χ3v) is 4.71. The third-order valence-electron chi connectivity index (χ3n) is 4.35. The van der Waals surface area contributed by atoms with Crippen molar-refractivity contribution >= 4 is 30.4 Å². The van der Waals surface area contributed by atoms with Gasteiger partial charge in [-0.1, -0.05) is 60.7 Å². The minimum absolute atomic E-state index is 0.0689. The van der Waals surface area contributed by atoms with Gasteiger partial charge in [0, 0.05) is 12.2 Å². The van der Waals surface area contributed by atoms with Crippen molar-refractivity contribution in [1.82, 2.24) is 10.6 Å². The quantitative estimate of drug-likeness (QED) is 0.367. The summed E-state index contributed by atoms with van der Waals surface area (Å²) >= 11 is 3.95. The molecule has 2 aromatic carbocycles. The van der Waals surface area contributed by atoms with E-state index in [1.807, 2.05) is 60.7 Å². The van der Waals surface area contributed by atoms with Crippen LogP contribution in [0, 0.1) is 0 Å². The number of nitrogens with one attached hydrogen (secondary N) is 2. The number of carboxylic acid groups (broad SMARTS) is 1. The van der Waals surface area contributed by atoms with Gasteiger partial charge in [-0.3, -0.25) is 9.59 Å². The van der Waals surface area contributed by atoms with Gasteiger partial charge >= 0.3 is 5.97 Å². The van der Waals surface area contributed by atoms with E-state index in [0.717, 1.165) is 11.1 Å². The first-order valence-electron chi connectivity index (χ1n) is 9.18. The van der Waals surface area contributed by atoms with Crippen molar-refractivity contribution in [3.05, 3.63) is 71.8 Å². The maximum Gasteiger partial charge on any atom is 0.327 e. The van der Waals surface area contributed by atoms with Crippen molar-refractivity contribution in [2.45, 2.75) is 31.0 Å². The molecule has 0 aliphatic heterocycles. The van der Waals surface area contributed by atoms with E-state index in [0.29, 0.717) is 6.42 Å². The molecule has 3 atom stereocenters. The van der Waals surface area contributed by atoms with Crippen LogP contribution in [-0.2, 0) is 27.2 Å². The van der Waals surface area contributed by atoms with Crippen LogP contribution in [0.4, 0.5) is 0 Å². The molecule has 0 bridgehead atoms. The highest BCUT2D eigenvalue weighted by Gasteiger charge is 2.27. The summed E-state index contributed by atoms with van der Waals surface area (Å²) < 4.78 is 0. The van der Waals surface area contributed by atoms with Gasteiger partial charge < -0.3 is 21.5 Å². The fraction of sp³-hybridized carbons (Fsp3) is 0.286. The number of hydrogen-bond donors (Lipinski definition) is 5. The Labute approximate surface area is 175 Å². The van der Waals surface area contributed by atoms with Crippen LogP contribution in [0.25, 0.3) is 0 Å². The number of hydrogen-bond acceptors (Lipinski definition) is 5. The summed E-state index contributed by atoms with van der Waals surface area (Å²) in [6.45, 7) is 0. The van der Waals surface area contributed by atoms with Gasteiger partial charge in [0.15, 0.2) is 0 Å². The van der Waals surface area contributed by atoms with Gasteiger partial charge in [0.1, 0.15) is 12.1 Å². The van der Waals surface area contributed by atoms with E-state index in [-0.39, 0.29) is 12.2 Å². The Balaban J connectivity index is 2.10. The Morgan fingerprint density at radius 1 is 0.828 bits per heavy atom. The summed E-state index contributed by atoms with van der Waals surface area (Å²) in [5.74, 6) is -2.35. The van der Waals surface area contributed by atoms with Gasteiger partial charge in [0.25, 0.3) is 0 Å². The van der Waals surface area contributed by atoms with E-state index >= 15 is 0 Å². The molecule has 2 amide bonds. The van der Waals surface area contributed by atoms with E-state index in [4.69, 9.17) is 10.8 Å². The number of carbonyl (C=O) groups excluding carboxylic acids is 2. The number of thiol groups is 1. The van der Waals surface area contributed by atoms with Crippen molar-refractivity contribution in [2.75, 3.05) is 5.75 Å². The normalized spacial score (nSPS) is 13.7. The molecule has 7 nitrogen and oxygen atoms in total. The average Bonchev–Trinajstić information content (AvgIpc) is 2.72. The summed E-state index contributed by atoms with van der Waals surface area (Å²) in [6.07, 6.45) is 0.524. The molecule has 29 heavy (non-hydrogen) atoms. The van der Waals surface area contributed by atoms with Gasteiger partial charge in [-0.2, -0.15) is 12.6 Å². The maximum atomic E-state index is 12.7. The summed E-state index contributed by atoms with van der Waals surface area (Å²) in [5.41, 5.74) is 7.74. The number of amides is 2. The number of nitrogens with two attached hydrogens (primary N) is 1. The van der Waals surface area contributed by atoms with Gasteiger partial charge in [-0.25, -0.2) is 4.79 Å². The molecule has 3 unspecified atom stereocenters. The molecule has 0 aliphatic carbocycles. The lowest BCUT2D eigenvalue weighted by Gasteiger charge is -2.22. The number of benzene rings is 2. The van der Waals surface area contributed by atoms with Crippen LogP contribution in [0.5, 0.6) is 0 Å². The number of carboxylic acids is 1. The first kappa shape index (κ1) is 22.4. The van der Waals surface area contributed by atoms with Crippen LogP contribution in [0.1, 0.15) is 11.1 Å². The van der Waals surface area contributed by atoms with E-state index in [2.05, 4.69) is 23.3 Å². The highest BCUT2D eigenvalue weighted by atomic mass is 32.1. The van der Waals surface area contributed by atoms with Crippen molar-refractivity contribution in [3.8, 4) is 0 Å². The lowest BCUT2D eigenvalue weighted by molar-refractivity contribution is -0.141. The molecule has 0 aromatic heterocycles. The highest BCUT2D eigenvalue weighted by Crippen LogP contribution is 2.06. The van der Waals surface area contributed by atoms with Crippen LogP contribution in [-0.4, -0.2) is 46.8 Å². The summed E-state index contributed by atoms with van der Waals surface area (Å²) in [7, 11) is 0. The zero-order valence-corrected chi connectivity index (χ0v) is 16.7. The Bertz CT molecular complexity index is 817. The molecular formula is C21H25N3O4S. The molecule has 0 radical (unpaired) electrons. The molecule has 0 spiro atoms. The van der Waals surface area contributed by atoms with E-state index in [1.54, 1.807) is 0 Å². The monoisotopic (exact) mass is 415 g/mol. The molecule has 8 heteroatoms. The fourth-order valence-electron chi connectivity index (χ4n) is 2.76. The molecular weight excluding hydrogens is 390 g/mol. The second kappa shape index (κ2) is 11.2. The van der Waals surface area contributed by atoms with Gasteiger partial charge in [0.2, 0.25) is 11.8 Å². The van der Waals surface area contributed by atoms with Crippen molar-refractivity contribution in [3.63, 3.8) is 0 Å². The average molecular weight is 416 g/mol. The Morgan fingerprint density at radius 3 is 1.79 bits per heavy atom. The zero-order valence-electron chi connectivity index (χ0n) is 15.8. The first-order valence-corrected chi connectivity index (χ1v) is 9.81. The Kier molecular flexibility index (Phi) is 8.69. The van der Waals surface area contributed by atoms with Crippen molar-refractivity contribution < 1.29 is 19.5 Å². The lowest BCUT2D eigenvalue weighted by Crippen LogP contribution is -2.55. The predicted molar refractivity (Wildman–Crippen MR) is 114 cm³/mol. The minimum Gasteiger partial charge on any atom is -0.480 e. The third kappa shape index (κ3) is 7.24. The maximum absolute atomic E-state index is 12.7. The fourth-order valence-corrected chi connectivity index (χ4v) is 3.00. The topological polar surface area (TPSA) is 122 Å². The minimum atomic E-state index is -1.20. The SMILES string of the molecule is NC(Cc1ccccc1)C(=O)NC(Cc1ccccc1)C(=O)NC(CS)C(=O)O. The Morgan fingerprint density at radius 2 is 1.31 bits per heavy atom. The molecule has 0 fully saturated rings. The number of aliphatic carboxylic acids is 1. The van der Waals surface area contributed by atoms with Crippen LogP contribution in [0.2, 0.25) is 0 Å². The van der Waals surface area contributed by atoms with E-state index < -0.39 is 35.9 Å². The largest absolute Gasteiger partial charge is 0.480 e. The number of carbonyl (C=O) groups is 3. The second-order valence-electron chi connectivity index (χ2n) is 6.63.